The molecule has 442 valence electrons. The molecular formula is C69H100O11. The summed E-state index contributed by atoms with van der Waals surface area (Å²) >= 11 is 0. The smallest absolute Gasteiger partial charge is 0.302 e. The van der Waals surface area contributed by atoms with E-state index in [1.54, 1.807) is 6.92 Å². The normalized spacial score (nSPS) is 46.5. The SMILES string of the molecule is C/C=C\[C@]12CC[C@H](O)CC1=CCC1C2CC[C@@]2(C)C1CC[C@@H]2O.C/C=C\[C@]12CC[C@H](OC(C)=O)CC1=CCC1C2CC[C@@]2(C)C1CC[C@@H]2OC(C)=O.CC(=O)O[C@H]1CC[C@@]2(C=O)C(=CCC3C2CC[C@@]2(C)C3CC[C@@H]2OC(C)=O)C1. The van der Waals surface area contributed by atoms with Gasteiger partial charge < -0.3 is 34.0 Å². The minimum absolute atomic E-state index is 0.00760. The standard InChI is InChI=1S/C25H36O4.C23H32O5.C21H32O2/c1-5-12-25-14-10-19(28-16(2)26)15-18(25)6-7-20-21-8-9-23(29-17(3)27)24(21,4)13-11-22(20)25;1-14(25)27-17-8-11-23(13-24)16(12-17)4-5-18-19-6-7-21(28-15(2)26)22(19,3)10-9-20(18)23;1-3-10-21-12-8-15(22)13-14(21)4-5-16-17-6-7-19(23)20(17,2)11-9-18(16)21/h5-6,12,19-23H,7-11,13-15H2,1-4H3;4,13,17-21H,5-12H2,1-3H3;3-4,10,15-19,22-23H,5-9,11-13H2,1-2H3/b12-5-;;10-3-/t19-,20?,21?,22?,23-,24-,25-;17-,18?,19?,20?,21-,22-,23+;15-,16?,17?,18?,19-,20-,21-/m000/s1. The highest BCUT2D eigenvalue weighted by atomic mass is 16.6. The first-order valence-electron chi connectivity index (χ1n) is 32.0. The Morgan fingerprint density at radius 2 is 0.825 bits per heavy atom. The zero-order valence-corrected chi connectivity index (χ0v) is 50.3. The second-order valence-corrected chi connectivity index (χ2v) is 28.7. The van der Waals surface area contributed by atoms with Crippen LogP contribution in [0, 0.1) is 85.8 Å². The Hall–Kier alpha value is -3.83. The molecule has 0 heterocycles. The Kier molecular flexibility index (Phi) is 17.0. The summed E-state index contributed by atoms with van der Waals surface area (Å²) in [6.07, 6.45) is 42.1. The highest BCUT2D eigenvalue weighted by Gasteiger charge is 2.63. The predicted octanol–water partition coefficient (Wildman–Crippen LogP) is 13.6. The van der Waals surface area contributed by atoms with Crippen molar-refractivity contribution in [2.75, 3.05) is 0 Å². The van der Waals surface area contributed by atoms with Crippen LogP contribution in [0.25, 0.3) is 0 Å². The lowest BCUT2D eigenvalue weighted by Crippen LogP contribution is -2.53. The molecule has 9 saturated carbocycles. The number of fused-ring (bicyclic) bond motifs is 15. The fourth-order valence-corrected chi connectivity index (χ4v) is 21.8. The van der Waals surface area contributed by atoms with E-state index in [0.29, 0.717) is 47.8 Å². The van der Waals surface area contributed by atoms with Crippen LogP contribution in [0.2, 0.25) is 0 Å². The lowest BCUT2D eigenvalue weighted by atomic mass is 9.47. The number of ether oxygens (including phenoxy) is 4. The van der Waals surface area contributed by atoms with E-state index in [-0.39, 0.29) is 93.0 Å². The third kappa shape index (κ3) is 10.2. The number of esters is 4. The average molecular weight is 1110 g/mol. The van der Waals surface area contributed by atoms with Crippen molar-refractivity contribution >= 4 is 30.2 Å². The lowest BCUT2D eigenvalue weighted by Gasteiger charge is -2.58. The monoisotopic (exact) mass is 1100 g/mol. The molecule has 0 aromatic rings. The fraction of sp³-hybridized carbons (Fsp3) is 0.783. The van der Waals surface area contributed by atoms with Crippen molar-refractivity contribution in [2.24, 2.45) is 85.8 Å². The maximum Gasteiger partial charge on any atom is 0.302 e. The summed E-state index contributed by atoms with van der Waals surface area (Å²) in [7, 11) is 0. The zero-order valence-electron chi connectivity index (χ0n) is 50.3. The molecule has 12 rings (SSSR count). The van der Waals surface area contributed by atoms with Crippen molar-refractivity contribution in [3.63, 3.8) is 0 Å². The third-order valence-electron chi connectivity index (χ3n) is 25.2. The molecule has 9 fully saturated rings. The van der Waals surface area contributed by atoms with Crippen LogP contribution < -0.4 is 0 Å². The van der Waals surface area contributed by atoms with E-state index < -0.39 is 0 Å². The molecule has 0 aromatic carbocycles. The third-order valence-corrected chi connectivity index (χ3v) is 25.2. The van der Waals surface area contributed by atoms with Crippen molar-refractivity contribution in [2.45, 2.75) is 253 Å². The van der Waals surface area contributed by atoms with Crippen LogP contribution >= 0.6 is 0 Å². The Balaban J connectivity index is 0.000000136. The summed E-state index contributed by atoms with van der Waals surface area (Å²) in [6.45, 7) is 17.3. The maximum absolute atomic E-state index is 12.5. The second kappa shape index (κ2) is 23.0. The van der Waals surface area contributed by atoms with Gasteiger partial charge in [0, 0.05) is 62.2 Å². The minimum atomic E-state index is -0.388. The van der Waals surface area contributed by atoms with Gasteiger partial charge in [-0.25, -0.2) is 0 Å². The molecule has 11 heteroatoms. The molecule has 2 N–H and O–H groups in total. The summed E-state index contributed by atoms with van der Waals surface area (Å²) in [5.74, 6) is 4.63. The summed E-state index contributed by atoms with van der Waals surface area (Å²) in [5, 5.41) is 20.7. The molecule has 0 radical (unpaired) electrons. The van der Waals surface area contributed by atoms with E-state index in [0.717, 1.165) is 121 Å². The number of aliphatic hydroxyl groups excluding tert-OH is 2. The zero-order chi connectivity index (χ0) is 57.2. The van der Waals surface area contributed by atoms with E-state index in [4.69, 9.17) is 18.9 Å². The molecule has 12 aliphatic rings. The van der Waals surface area contributed by atoms with E-state index >= 15 is 0 Å². The maximum atomic E-state index is 12.5. The Bertz CT molecular complexity index is 2520. The average Bonchev–Trinajstić information content (AvgIpc) is 4.01. The molecule has 21 atom stereocenters. The van der Waals surface area contributed by atoms with Crippen molar-refractivity contribution in [3.8, 4) is 0 Å². The number of carbonyl (C=O) groups is 5. The molecule has 80 heavy (non-hydrogen) atoms. The fourth-order valence-electron chi connectivity index (χ4n) is 21.8. The van der Waals surface area contributed by atoms with Gasteiger partial charge in [-0.05, 0) is 214 Å². The van der Waals surface area contributed by atoms with Crippen LogP contribution in [0.1, 0.15) is 216 Å². The van der Waals surface area contributed by atoms with Gasteiger partial charge in [-0.1, -0.05) is 80.0 Å². The first-order chi connectivity index (χ1) is 38.1. The molecule has 12 aliphatic carbocycles. The van der Waals surface area contributed by atoms with Gasteiger partial charge in [0.1, 0.15) is 30.7 Å². The van der Waals surface area contributed by atoms with E-state index in [2.05, 4.69) is 77.2 Å². The highest BCUT2D eigenvalue weighted by Crippen LogP contribution is 2.69. The van der Waals surface area contributed by atoms with Gasteiger partial charge >= 0.3 is 23.9 Å². The molecule has 9 unspecified atom stereocenters. The number of rotatable bonds is 7. The summed E-state index contributed by atoms with van der Waals surface area (Å²) < 4.78 is 22.5. The summed E-state index contributed by atoms with van der Waals surface area (Å²) in [4.78, 5) is 58.5. The Morgan fingerprint density at radius 1 is 0.450 bits per heavy atom. The van der Waals surface area contributed by atoms with Crippen LogP contribution in [-0.2, 0) is 42.9 Å². The van der Waals surface area contributed by atoms with Crippen molar-refractivity contribution in [3.05, 3.63) is 59.3 Å². The first kappa shape index (κ1) is 59.3. The number of allylic oxidation sites excluding steroid dienone is 7. The van der Waals surface area contributed by atoms with Crippen molar-refractivity contribution in [1.82, 2.24) is 0 Å². The van der Waals surface area contributed by atoms with Gasteiger partial charge in [-0.15, -0.1) is 0 Å². The van der Waals surface area contributed by atoms with Crippen LogP contribution in [0.4, 0.5) is 0 Å². The summed E-state index contributed by atoms with van der Waals surface area (Å²) in [5.41, 5.74) is 4.42. The van der Waals surface area contributed by atoms with E-state index in [1.807, 2.05) is 0 Å². The lowest BCUT2D eigenvalue weighted by molar-refractivity contribution is -0.158. The second-order valence-electron chi connectivity index (χ2n) is 28.7. The van der Waals surface area contributed by atoms with Gasteiger partial charge in [0.15, 0.2) is 0 Å². The molecule has 0 aromatic heterocycles. The molecular weight excluding hydrogens is 1000 g/mol. The summed E-state index contributed by atoms with van der Waals surface area (Å²) in [6, 6.07) is 0. The Morgan fingerprint density at radius 3 is 1.26 bits per heavy atom. The van der Waals surface area contributed by atoms with Crippen LogP contribution in [-0.4, -0.2) is 77.0 Å². The topological polar surface area (TPSA) is 163 Å². The van der Waals surface area contributed by atoms with Crippen molar-refractivity contribution < 1.29 is 53.1 Å². The number of aldehydes is 1. The van der Waals surface area contributed by atoms with Crippen molar-refractivity contribution in [1.29, 1.82) is 0 Å². The van der Waals surface area contributed by atoms with Gasteiger partial charge in [0.25, 0.3) is 0 Å². The Labute approximate surface area is 479 Å². The number of hydrogen-bond donors (Lipinski definition) is 2. The highest BCUT2D eigenvalue weighted by molar-refractivity contribution is 5.69. The largest absolute Gasteiger partial charge is 0.462 e. The van der Waals surface area contributed by atoms with E-state index in [1.165, 1.54) is 82.3 Å². The minimum Gasteiger partial charge on any atom is -0.462 e. The van der Waals surface area contributed by atoms with Crippen LogP contribution in [0.3, 0.4) is 0 Å². The molecule has 0 saturated heterocycles. The number of carbonyl (C=O) groups excluding carboxylic acids is 5. The predicted molar refractivity (Wildman–Crippen MR) is 308 cm³/mol. The molecule has 0 spiro atoms. The van der Waals surface area contributed by atoms with Crippen LogP contribution in [0.15, 0.2) is 59.3 Å². The van der Waals surface area contributed by atoms with Gasteiger partial charge in [0.05, 0.1) is 17.6 Å². The molecule has 0 amide bonds. The molecule has 11 nitrogen and oxygen atoms in total. The van der Waals surface area contributed by atoms with Crippen LogP contribution in [0.5, 0.6) is 0 Å². The first-order valence-corrected chi connectivity index (χ1v) is 32.0. The molecule has 0 aliphatic heterocycles. The quantitative estimate of drug-likeness (QED) is 0.108. The molecule has 0 bridgehead atoms. The van der Waals surface area contributed by atoms with Gasteiger partial charge in [0.2, 0.25) is 0 Å². The number of hydrogen-bond acceptors (Lipinski definition) is 11. The number of aliphatic hydroxyl groups is 2. The van der Waals surface area contributed by atoms with Gasteiger partial charge in [-0.3, -0.25) is 19.2 Å². The van der Waals surface area contributed by atoms with E-state index in [9.17, 15) is 34.2 Å². The van der Waals surface area contributed by atoms with Gasteiger partial charge in [-0.2, -0.15) is 0 Å².